The highest BCUT2D eigenvalue weighted by atomic mass is 16.5. The van der Waals surface area contributed by atoms with Crippen LogP contribution in [0.2, 0.25) is 0 Å². The summed E-state index contributed by atoms with van der Waals surface area (Å²) in [5.74, 6) is 1.14. The maximum atomic E-state index is 13.3. The molecule has 1 amide bonds. The van der Waals surface area contributed by atoms with Gasteiger partial charge in [-0.05, 0) is 65.8 Å². The molecule has 0 saturated carbocycles. The van der Waals surface area contributed by atoms with Gasteiger partial charge in [-0.15, -0.1) is 0 Å². The first kappa shape index (κ1) is 26.4. The van der Waals surface area contributed by atoms with E-state index in [9.17, 15) is 9.90 Å². The van der Waals surface area contributed by atoms with E-state index in [0.717, 1.165) is 49.5 Å². The summed E-state index contributed by atoms with van der Waals surface area (Å²) in [6.07, 6.45) is 4.21. The average molecular weight is 516 g/mol. The number of ether oxygens (including phenoxy) is 2. The van der Waals surface area contributed by atoms with Crippen LogP contribution in [0, 0.1) is 5.92 Å². The van der Waals surface area contributed by atoms with Crippen LogP contribution in [0.4, 0.5) is 0 Å². The van der Waals surface area contributed by atoms with E-state index in [2.05, 4.69) is 40.2 Å². The molecule has 0 spiro atoms. The van der Waals surface area contributed by atoms with Gasteiger partial charge in [0.2, 0.25) is 0 Å². The Hall–Kier alpha value is -3.26. The van der Waals surface area contributed by atoms with Gasteiger partial charge in [-0.25, -0.2) is 0 Å². The number of fused-ring (bicyclic) bond motifs is 3. The van der Waals surface area contributed by atoms with Crippen molar-refractivity contribution in [3.05, 3.63) is 94.8 Å². The van der Waals surface area contributed by atoms with E-state index >= 15 is 0 Å². The summed E-state index contributed by atoms with van der Waals surface area (Å²) in [4.78, 5) is 22.1. The molecule has 3 heterocycles. The van der Waals surface area contributed by atoms with Crippen LogP contribution in [-0.4, -0.2) is 71.9 Å². The lowest BCUT2D eigenvalue weighted by atomic mass is 9.96. The second-order valence-corrected chi connectivity index (χ2v) is 10.2. The van der Waals surface area contributed by atoms with E-state index in [0.29, 0.717) is 50.8 Å². The number of rotatable bonds is 4. The fourth-order valence-electron chi connectivity index (χ4n) is 5.25. The van der Waals surface area contributed by atoms with Gasteiger partial charge in [0, 0.05) is 57.5 Å². The molecule has 0 aliphatic carbocycles. The molecule has 0 radical (unpaired) electrons. The summed E-state index contributed by atoms with van der Waals surface area (Å²) < 4.78 is 12.0. The van der Waals surface area contributed by atoms with Crippen molar-refractivity contribution in [2.45, 2.75) is 32.4 Å². The van der Waals surface area contributed by atoms with Crippen molar-refractivity contribution in [1.82, 2.24) is 14.8 Å². The third kappa shape index (κ3) is 6.98. The molecule has 1 saturated heterocycles. The number of likely N-dealkylation sites (tertiary alicyclic amines) is 1. The first-order valence-corrected chi connectivity index (χ1v) is 13.6. The Morgan fingerprint density at radius 3 is 2.63 bits per heavy atom. The number of piperidine rings is 1. The highest BCUT2D eigenvalue weighted by Crippen LogP contribution is 2.26. The Kier molecular flexibility index (Phi) is 9.02. The maximum absolute atomic E-state index is 13.3. The van der Waals surface area contributed by atoms with E-state index in [1.54, 1.807) is 0 Å². The molecule has 2 bridgehead atoms. The van der Waals surface area contributed by atoms with E-state index in [4.69, 9.17) is 9.47 Å². The molecule has 200 valence electrons. The lowest BCUT2D eigenvalue weighted by molar-refractivity contribution is 0.0650. The molecular formula is C31H37N3O4. The Bertz CT molecular complexity index is 1190. The molecule has 2 aromatic carbocycles. The zero-order chi connectivity index (χ0) is 26.2. The Balaban J connectivity index is 1.36. The van der Waals surface area contributed by atoms with Crippen LogP contribution in [0.3, 0.4) is 0 Å². The standard InChI is InChI=1S/C31H37N3O4/c35-23-24-9-12-34(13-10-24)31(36)27-7-8-30-28(20-27)19-25-4-3-5-26(18-25)21-33(14-15-37-16-17-38-30)22-29-6-1-2-11-32-29/h1-8,11,18,20,24,35H,9-10,12-17,19,21-23H2. The SMILES string of the molecule is O=C(c1ccc2c(c1)Cc1cccc(c1)CN(Cc1ccccn1)CCOCCO2)N1CCC(CO)CC1. The molecular weight excluding hydrogens is 478 g/mol. The van der Waals surface area contributed by atoms with Crippen molar-refractivity contribution in [3.8, 4) is 5.75 Å². The van der Waals surface area contributed by atoms with Gasteiger partial charge in [-0.1, -0.05) is 30.3 Å². The summed E-state index contributed by atoms with van der Waals surface area (Å²) >= 11 is 0. The van der Waals surface area contributed by atoms with Gasteiger partial charge >= 0.3 is 0 Å². The number of nitrogens with zero attached hydrogens (tertiary/aromatic N) is 3. The van der Waals surface area contributed by atoms with Gasteiger partial charge in [0.05, 0.1) is 18.9 Å². The minimum Gasteiger partial charge on any atom is -0.491 e. The monoisotopic (exact) mass is 515 g/mol. The fraction of sp³-hybridized carbons (Fsp3) is 0.419. The second kappa shape index (κ2) is 13.0. The molecule has 3 aromatic rings. The number of hydrogen-bond donors (Lipinski definition) is 1. The summed E-state index contributed by atoms with van der Waals surface area (Å²) in [7, 11) is 0. The number of amides is 1. The molecule has 1 N–H and O–H groups in total. The summed E-state index contributed by atoms with van der Waals surface area (Å²) in [5, 5.41) is 9.43. The highest BCUT2D eigenvalue weighted by Gasteiger charge is 2.24. The molecule has 7 nitrogen and oxygen atoms in total. The number of pyridine rings is 1. The predicted molar refractivity (Wildman–Crippen MR) is 146 cm³/mol. The minimum atomic E-state index is 0.0471. The van der Waals surface area contributed by atoms with Crippen LogP contribution in [-0.2, 0) is 24.2 Å². The predicted octanol–water partition coefficient (Wildman–Crippen LogP) is 3.93. The van der Waals surface area contributed by atoms with Crippen molar-refractivity contribution in [2.24, 2.45) is 5.92 Å². The number of aromatic nitrogens is 1. The quantitative estimate of drug-likeness (QED) is 0.568. The summed E-state index contributed by atoms with van der Waals surface area (Å²) in [6.45, 7) is 5.51. The largest absolute Gasteiger partial charge is 0.491 e. The zero-order valence-electron chi connectivity index (χ0n) is 21.9. The van der Waals surface area contributed by atoms with Gasteiger partial charge in [-0.3, -0.25) is 14.7 Å². The third-order valence-electron chi connectivity index (χ3n) is 7.41. The van der Waals surface area contributed by atoms with Gasteiger partial charge in [0.1, 0.15) is 12.4 Å². The normalized spacial score (nSPS) is 17.8. The Morgan fingerprint density at radius 2 is 1.82 bits per heavy atom. The van der Waals surface area contributed by atoms with Gasteiger partial charge in [-0.2, -0.15) is 0 Å². The minimum absolute atomic E-state index is 0.0471. The number of aliphatic hydroxyl groups is 1. The zero-order valence-corrected chi connectivity index (χ0v) is 21.9. The molecule has 7 heteroatoms. The van der Waals surface area contributed by atoms with Crippen molar-refractivity contribution in [2.75, 3.05) is 46.1 Å². The van der Waals surface area contributed by atoms with Crippen LogP contribution < -0.4 is 4.74 Å². The van der Waals surface area contributed by atoms with E-state index in [1.807, 2.05) is 41.4 Å². The number of aliphatic hydroxyl groups excluding tert-OH is 1. The third-order valence-corrected chi connectivity index (χ3v) is 7.41. The van der Waals surface area contributed by atoms with Crippen LogP contribution in [0.15, 0.2) is 66.9 Å². The highest BCUT2D eigenvalue weighted by molar-refractivity contribution is 5.94. The molecule has 2 aliphatic rings. The van der Waals surface area contributed by atoms with Crippen molar-refractivity contribution in [1.29, 1.82) is 0 Å². The van der Waals surface area contributed by atoms with E-state index in [1.165, 1.54) is 11.1 Å². The molecule has 1 aromatic heterocycles. The maximum Gasteiger partial charge on any atom is 0.253 e. The number of hydrogen-bond acceptors (Lipinski definition) is 6. The van der Waals surface area contributed by atoms with Gasteiger partial charge in [0.25, 0.3) is 5.91 Å². The lowest BCUT2D eigenvalue weighted by Crippen LogP contribution is -2.39. The molecule has 2 aliphatic heterocycles. The van der Waals surface area contributed by atoms with Gasteiger partial charge in [0.15, 0.2) is 0 Å². The smallest absolute Gasteiger partial charge is 0.253 e. The molecule has 5 rings (SSSR count). The number of carbonyl (C=O) groups is 1. The second-order valence-electron chi connectivity index (χ2n) is 10.2. The van der Waals surface area contributed by atoms with E-state index in [-0.39, 0.29) is 12.5 Å². The topological polar surface area (TPSA) is 75.1 Å². The molecule has 38 heavy (non-hydrogen) atoms. The van der Waals surface area contributed by atoms with Crippen LogP contribution in [0.1, 0.15) is 45.6 Å². The van der Waals surface area contributed by atoms with Crippen LogP contribution in [0.25, 0.3) is 0 Å². The average Bonchev–Trinajstić information content (AvgIpc) is 2.95. The van der Waals surface area contributed by atoms with Crippen LogP contribution in [0.5, 0.6) is 5.75 Å². The summed E-state index contributed by atoms with van der Waals surface area (Å²) in [6, 6.07) is 20.5. The van der Waals surface area contributed by atoms with Crippen molar-refractivity contribution >= 4 is 5.91 Å². The Labute approximate surface area is 225 Å². The lowest BCUT2D eigenvalue weighted by Gasteiger charge is -2.31. The van der Waals surface area contributed by atoms with Crippen molar-refractivity contribution < 1.29 is 19.4 Å². The van der Waals surface area contributed by atoms with Gasteiger partial charge < -0.3 is 19.5 Å². The van der Waals surface area contributed by atoms with Crippen molar-refractivity contribution in [3.63, 3.8) is 0 Å². The molecule has 0 unspecified atom stereocenters. The van der Waals surface area contributed by atoms with E-state index < -0.39 is 0 Å². The Morgan fingerprint density at radius 1 is 0.947 bits per heavy atom. The molecule has 1 fully saturated rings. The first-order valence-electron chi connectivity index (χ1n) is 13.6. The first-order chi connectivity index (χ1) is 18.7. The van der Waals surface area contributed by atoms with Crippen LogP contribution >= 0.6 is 0 Å². The fourth-order valence-corrected chi connectivity index (χ4v) is 5.25. The molecule has 0 atom stereocenters. The summed E-state index contributed by atoms with van der Waals surface area (Å²) in [5.41, 5.74) is 5.15. The number of carbonyl (C=O) groups excluding carboxylic acids is 1. The number of benzene rings is 2.